The van der Waals surface area contributed by atoms with Gasteiger partial charge in [0, 0.05) is 5.69 Å². The van der Waals surface area contributed by atoms with E-state index in [-0.39, 0.29) is 30.3 Å². The SMILES string of the molecule is CCOC(=O)c1ccc(N)c(OCC(=O)Nc2ccc(C(C)(C)C)cc2)c1. The van der Waals surface area contributed by atoms with E-state index in [1.807, 2.05) is 24.3 Å². The monoisotopic (exact) mass is 370 g/mol. The van der Waals surface area contributed by atoms with Crippen LogP contribution in [-0.4, -0.2) is 25.1 Å². The molecule has 0 aromatic heterocycles. The number of carbonyl (C=O) groups excluding carboxylic acids is 2. The van der Waals surface area contributed by atoms with E-state index in [2.05, 4.69) is 26.1 Å². The summed E-state index contributed by atoms with van der Waals surface area (Å²) in [7, 11) is 0. The van der Waals surface area contributed by atoms with E-state index in [0.29, 0.717) is 16.9 Å². The maximum atomic E-state index is 12.1. The van der Waals surface area contributed by atoms with Gasteiger partial charge in [0.2, 0.25) is 0 Å². The minimum absolute atomic E-state index is 0.0487. The van der Waals surface area contributed by atoms with Crippen molar-refractivity contribution < 1.29 is 19.1 Å². The van der Waals surface area contributed by atoms with Crippen LogP contribution >= 0.6 is 0 Å². The second-order valence-electron chi connectivity index (χ2n) is 7.14. The highest BCUT2D eigenvalue weighted by atomic mass is 16.5. The average molecular weight is 370 g/mol. The lowest BCUT2D eigenvalue weighted by Crippen LogP contribution is -2.21. The van der Waals surface area contributed by atoms with Gasteiger partial charge in [-0.1, -0.05) is 32.9 Å². The quantitative estimate of drug-likeness (QED) is 0.597. The molecule has 6 heteroatoms. The van der Waals surface area contributed by atoms with Gasteiger partial charge in [0.25, 0.3) is 5.91 Å². The molecular weight excluding hydrogens is 344 g/mol. The van der Waals surface area contributed by atoms with Gasteiger partial charge in [0.15, 0.2) is 6.61 Å². The maximum Gasteiger partial charge on any atom is 0.338 e. The molecule has 0 unspecified atom stereocenters. The summed E-state index contributed by atoms with van der Waals surface area (Å²) in [5.41, 5.74) is 8.42. The Bertz CT molecular complexity index is 808. The zero-order chi connectivity index (χ0) is 20.0. The molecule has 2 aromatic rings. The fourth-order valence-corrected chi connectivity index (χ4v) is 2.39. The Morgan fingerprint density at radius 3 is 2.33 bits per heavy atom. The topological polar surface area (TPSA) is 90.7 Å². The molecule has 27 heavy (non-hydrogen) atoms. The van der Waals surface area contributed by atoms with Crippen LogP contribution in [0.2, 0.25) is 0 Å². The van der Waals surface area contributed by atoms with Gasteiger partial charge in [-0.3, -0.25) is 4.79 Å². The number of hydrogen-bond donors (Lipinski definition) is 2. The van der Waals surface area contributed by atoms with Crippen molar-refractivity contribution in [2.45, 2.75) is 33.1 Å². The van der Waals surface area contributed by atoms with E-state index in [0.717, 1.165) is 0 Å². The van der Waals surface area contributed by atoms with Crippen LogP contribution in [-0.2, 0) is 14.9 Å². The third-order valence-corrected chi connectivity index (χ3v) is 3.92. The summed E-state index contributed by atoms with van der Waals surface area (Å²) in [6.45, 7) is 8.16. The number of ether oxygens (including phenoxy) is 2. The Morgan fingerprint density at radius 1 is 1.07 bits per heavy atom. The van der Waals surface area contributed by atoms with Gasteiger partial charge >= 0.3 is 5.97 Å². The molecule has 0 bridgehead atoms. The predicted octanol–water partition coefficient (Wildman–Crippen LogP) is 3.76. The average Bonchev–Trinajstić information content (AvgIpc) is 2.61. The number of esters is 1. The van der Waals surface area contributed by atoms with Crippen LogP contribution in [0.5, 0.6) is 5.75 Å². The van der Waals surface area contributed by atoms with Crippen molar-refractivity contribution in [2.24, 2.45) is 0 Å². The minimum Gasteiger partial charge on any atom is -0.482 e. The summed E-state index contributed by atoms with van der Waals surface area (Å²) < 4.78 is 10.4. The molecule has 0 heterocycles. The van der Waals surface area contributed by atoms with Gasteiger partial charge < -0.3 is 20.5 Å². The number of amides is 1. The van der Waals surface area contributed by atoms with Gasteiger partial charge in [-0.25, -0.2) is 4.79 Å². The van der Waals surface area contributed by atoms with Crippen molar-refractivity contribution in [1.82, 2.24) is 0 Å². The first-order valence-electron chi connectivity index (χ1n) is 8.80. The van der Waals surface area contributed by atoms with Crippen molar-refractivity contribution >= 4 is 23.3 Å². The molecule has 2 aromatic carbocycles. The van der Waals surface area contributed by atoms with Crippen molar-refractivity contribution in [3.05, 3.63) is 53.6 Å². The van der Waals surface area contributed by atoms with Crippen LogP contribution in [0.25, 0.3) is 0 Å². The highest BCUT2D eigenvalue weighted by Gasteiger charge is 2.14. The molecule has 0 atom stereocenters. The lowest BCUT2D eigenvalue weighted by molar-refractivity contribution is -0.118. The molecule has 0 radical (unpaired) electrons. The molecule has 3 N–H and O–H groups in total. The summed E-state index contributed by atoms with van der Waals surface area (Å²) in [4.78, 5) is 23.9. The lowest BCUT2D eigenvalue weighted by atomic mass is 9.87. The molecule has 144 valence electrons. The molecule has 6 nitrogen and oxygen atoms in total. The largest absolute Gasteiger partial charge is 0.482 e. The van der Waals surface area contributed by atoms with Crippen LogP contribution in [0.4, 0.5) is 11.4 Å². The van der Waals surface area contributed by atoms with Gasteiger partial charge in [-0.05, 0) is 48.2 Å². The van der Waals surface area contributed by atoms with Crippen molar-refractivity contribution in [3.8, 4) is 5.75 Å². The number of nitrogens with two attached hydrogens (primary N) is 1. The summed E-state index contributed by atoms with van der Waals surface area (Å²) in [6.07, 6.45) is 0. The van der Waals surface area contributed by atoms with Gasteiger partial charge in [-0.2, -0.15) is 0 Å². The van der Waals surface area contributed by atoms with Crippen molar-refractivity contribution in [1.29, 1.82) is 0 Å². The van der Waals surface area contributed by atoms with Gasteiger partial charge in [0.1, 0.15) is 5.75 Å². The van der Waals surface area contributed by atoms with Crippen LogP contribution in [0.3, 0.4) is 0 Å². The van der Waals surface area contributed by atoms with E-state index >= 15 is 0 Å². The Morgan fingerprint density at radius 2 is 1.74 bits per heavy atom. The second kappa shape index (κ2) is 8.58. The molecule has 0 spiro atoms. The van der Waals surface area contributed by atoms with E-state index in [1.54, 1.807) is 19.1 Å². The van der Waals surface area contributed by atoms with E-state index < -0.39 is 5.97 Å². The highest BCUT2D eigenvalue weighted by molar-refractivity contribution is 5.92. The van der Waals surface area contributed by atoms with Crippen LogP contribution in [0.1, 0.15) is 43.6 Å². The molecule has 0 aliphatic carbocycles. The maximum absolute atomic E-state index is 12.1. The second-order valence-corrected chi connectivity index (χ2v) is 7.14. The van der Waals surface area contributed by atoms with Crippen LogP contribution in [0.15, 0.2) is 42.5 Å². The number of hydrogen-bond acceptors (Lipinski definition) is 5. The van der Waals surface area contributed by atoms with E-state index in [9.17, 15) is 9.59 Å². The van der Waals surface area contributed by atoms with Gasteiger partial charge in [0.05, 0.1) is 17.9 Å². The fourth-order valence-electron chi connectivity index (χ4n) is 2.39. The number of carbonyl (C=O) groups is 2. The summed E-state index contributed by atoms with van der Waals surface area (Å²) >= 11 is 0. The van der Waals surface area contributed by atoms with Gasteiger partial charge in [-0.15, -0.1) is 0 Å². The molecular formula is C21H26N2O4. The molecule has 0 saturated heterocycles. The summed E-state index contributed by atoms with van der Waals surface area (Å²) in [5, 5.41) is 2.77. The number of nitrogens with one attached hydrogen (secondary N) is 1. The molecule has 0 fully saturated rings. The normalized spacial score (nSPS) is 11.0. The molecule has 0 aliphatic heterocycles. The molecule has 1 amide bonds. The van der Waals surface area contributed by atoms with Crippen molar-refractivity contribution in [2.75, 3.05) is 24.3 Å². The molecule has 0 aliphatic rings. The van der Waals surface area contributed by atoms with Crippen molar-refractivity contribution in [3.63, 3.8) is 0 Å². The lowest BCUT2D eigenvalue weighted by Gasteiger charge is -2.19. The zero-order valence-corrected chi connectivity index (χ0v) is 16.2. The third kappa shape index (κ3) is 5.74. The summed E-state index contributed by atoms with van der Waals surface area (Å²) in [6, 6.07) is 12.2. The predicted molar refractivity (Wildman–Crippen MR) is 106 cm³/mol. The first kappa shape index (κ1) is 20.3. The molecule has 2 rings (SSSR count). The number of anilines is 2. The third-order valence-electron chi connectivity index (χ3n) is 3.92. The minimum atomic E-state index is -0.467. The summed E-state index contributed by atoms with van der Waals surface area (Å²) in [5.74, 6) is -0.524. The smallest absolute Gasteiger partial charge is 0.338 e. The van der Waals surface area contributed by atoms with E-state index in [1.165, 1.54) is 11.6 Å². The number of nitrogen functional groups attached to an aromatic ring is 1. The van der Waals surface area contributed by atoms with Crippen LogP contribution in [0, 0.1) is 0 Å². The fraction of sp³-hybridized carbons (Fsp3) is 0.333. The molecule has 0 saturated carbocycles. The van der Waals surface area contributed by atoms with E-state index in [4.69, 9.17) is 15.2 Å². The Kier molecular flexibility index (Phi) is 6.45. The zero-order valence-electron chi connectivity index (χ0n) is 16.2. The number of benzene rings is 2. The Labute approximate surface area is 159 Å². The van der Waals surface area contributed by atoms with Crippen LogP contribution < -0.4 is 15.8 Å². The first-order chi connectivity index (χ1) is 12.7. The first-order valence-corrected chi connectivity index (χ1v) is 8.80. The number of rotatable bonds is 6. The Hall–Kier alpha value is -3.02. The Balaban J connectivity index is 1.97. The highest BCUT2D eigenvalue weighted by Crippen LogP contribution is 2.24. The standard InChI is InChI=1S/C21H26N2O4/c1-5-26-20(25)14-6-11-17(22)18(12-14)27-13-19(24)23-16-9-7-15(8-10-16)21(2,3)4/h6-12H,5,13,22H2,1-4H3,(H,23,24).